The summed E-state index contributed by atoms with van der Waals surface area (Å²) in [6.45, 7) is 4.22. The van der Waals surface area contributed by atoms with Crippen LogP contribution >= 0.6 is 0 Å². The van der Waals surface area contributed by atoms with Crippen LogP contribution in [0.2, 0.25) is 0 Å². The van der Waals surface area contributed by atoms with Crippen molar-refractivity contribution < 1.29 is 23.9 Å². The molecule has 3 rings (SSSR count). The lowest BCUT2D eigenvalue weighted by Crippen LogP contribution is -2.41. The number of nitriles is 1. The third-order valence-corrected chi connectivity index (χ3v) is 5.85. The first-order valence-corrected chi connectivity index (χ1v) is 11.3. The summed E-state index contributed by atoms with van der Waals surface area (Å²) in [5.41, 5.74) is 8.34. The van der Waals surface area contributed by atoms with Crippen molar-refractivity contribution in [1.29, 1.82) is 5.26 Å². The first-order valence-electron chi connectivity index (χ1n) is 11.3. The molecule has 0 aliphatic carbocycles. The second kappa shape index (κ2) is 11.2. The number of allylic oxidation sites excluding steroid dienone is 1. The Labute approximate surface area is 209 Å². The molecule has 2 aromatic rings. The molecule has 186 valence electrons. The van der Waals surface area contributed by atoms with Gasteiger partial charge in [0.25, 0.3) is 5.91 Å². The molecule has 0 bridgehead atoms. The van der Waals surface area contributed by atoms with Gasteiger partial charge in [0.15, 0.2) is 0 Å². The molecule has 3 N–H and O–H groups in total. The maximum atomic E-state index is 13.1. The van der Waals surface area contributed by atoms with Gasteiger partial charge in [0.05, 0.1) is 43.0 Å². The van der Waals surface area contributed by atoms with Gasteiger partial charge >= 0.3 is 11.9 Å². The Bertz CT molecular complexity index is 1290. The molecule has 9 heteroatoms. The number of carbonyl (C=O) groups is 3. The van der Waals surface area contributed by atoms with Crippen LogP contribution in [0.1, 0.15) is 40.7 Å². The number of amides is 1. The van der Waals surface area contributed by atoms with Crippen molar-refractivity contribution >= 4 is 23.5 Å². The first kappa shape index (κ1) is 26.0. The van der Waals surface area contributed by atoms with E-state index < -0.39 is 17.9 Å². The lowest BCUT2D eigenvalue weighted by Gasteiger charge is -2.36. The summed E-state index contributed by atoms with van der Waals surface area (Å²) in [4.78, 5) is 40.0. The molecule has 9 nitrogen and oxygen atoms in total. The fraction of sp³-hybridized carbons (Fsp3) is 0.259. The molecule has 1 heterocycles. The molecule has 36 heavy (non-hydrogen) atoms. The summed E-state index contributed by atoms with van der Waals surface area (Å²) >= 11 is 0. The van der Waals surface area contributed by atoms with Crippen molar-refractivity contribution in [2.75, 3.05) is 25.7 Å². The number of ether oxygens (including phenoxy) is 2. The minimum absolute atomic E-state index is 0.0364. The lowest BCUT2D eigenvalue weighted by molar-refractivity contribution is -0.139. The van der Waals surface area contributed by atoms with E-state index in [1.807, 2.05) is 6.92 Å². The van der Waals surface area contributed by atoms with Gasteiger partial charge in [0, 0.05) is 12.1 Å². The number of nitrogens with two attached hydrogens (primary N) is 1. The van der Waals surface area contributed by atoms with E-state index in [9.17, 15) is 19.6 Å². The van der Waals surface area contributed by atoms with Crippen LogP contribution < -0.4 is 16.0 Å². The third-order valence-electron chi connectivity index (χ3n) is 5.85. The Morgan fingerprint density at radius 3 is 2.31 bits per heavy atom. The molecule has 0 aromatic heterocycles. The number of nitrogens with zero attached hydrogens (tertiary/aromatic N) is 2. The fourth-order valence-corrected chi connectivity index (χ4v) is 4.15. The molecule has 1 aliphatic rings. The number of methoxy groups -OCH3 is 2. The Morgan fingerprint density at radius 2 is 1.75 bits per heavy atom. The van der Waals surface area contributed by atoms with E-state index in [4.69, 9.17) is 15.2 Å². The van der Waals surface area contributed by atoms with Crippen LogP contribution in [0, 0.1) is 18.3 Å². The average molecular weight is 489 g/mol. The quantitative estimate of drug-likeness (QED) is 0.568. The van der Waals surface area contributed by atoms with E-state index in [0.717, 1.165) is 6.42 Å². The number of rotatable bonds is 7. The summed E-state index contributed by atoms with van der Waals surface area (Å²) in [7, 11) is 2.38. The average Bonchev–Trinajstić information content (AvgIpc) is 2.90. The van der Waals surface area contributed by atoms with E-state index in [1.165, 1.54) is 19.1 Å². The highest BCUT2D eigenvalue weighted by Crippen LogP contribution is 2.43. The monoisotopic (exact) mass is 488 g/mol. The highest BCUT2D eigenvalue weighted by atomic mass is 16.5. The van der Waals surface area contributed by atoms with E-state index >= 15 is 0 Å². The molecule has 0 fully saturated rings. The van der Waals surface area contributed by atoms with Crippen molar-refractivity contribution in [2.45, 2.75) is 26.2 Å². The normalized spacial score (nSPS) is 15.3. The molecule has 0 saturated carbocycles. The highest BCUT2D eigenvalue weighted by Gasteiger charge is 2.43. The largest absolute Gasteiger partial charge is 0.466 e. The first-order chi connectivity index (χ1) is 17.3. The Balaban J connectivity index is 2.30. The number of esters is 2. The van der Waals surface area contributed by atoms with Gasteiger partial charge in [0.2, 0.25) is 0 Å². The standard InChI is InChI=1S/C27H28N4O5/c1-5-13-30-25(32)18-11-12-20(16(2)14-18)31-23(27(34)36-4)22(26(33)35-3)21(19(15-28)24(31)29)17-9-7-6-8-10-17/h6-12,14,21H,5,13,29H2,1-4H3,(H,30,32). The Hall–Kier alpha value is -4.58. The number of nitrogens with one attached hydrogen (secondary N) is 1. The van der Waals surface area contributed by atoms with E-state index in [0.29, 0.717) is 28.9 Å². The van der Waals surface area contributed by atoms with Gasteiger partial charge in [-0.1, -0.05) is 37.3 Å². The minimum atomic E-state index is -0.951. The molecular formula is C27H28N4O5. The predicted molar refractivity (Wildman–Crippen MR) is 133 cm³/mol. The number of benzene rings is 2. The van der Waals surface area contributed by atoms with Crippen LogP contribution in [0.5, 0.6) is 0 Å². The molecule has 1 atom stereocenters. The fourth-order valence-electron chi connectivity index (χ4n) is 4.15. The minimum Gasteiger partial charge on any atom is -0.466 e. The van der Waals surface area contributed by atoms with Crippen molar-refractivity contribution in [1.82, 2.24) is 5.32 Å². The summed E-state index contributed by atoms with van der Waals surface area (Å²) in [6, 6.07) is 15.7. The zero-order valence-corrected chi connectivity index (χ0v) is 20.6. The summed E-state index contributed by atoms with van der Waals surface area (Å²) in [6.07, 6.45) is 0.793. The molecule has 1 unspecified atom stereocenters. The van der Waals surface area contributed by atoms with Gasteiger partial charge in [-0.15, -0.1) is 0 Å². The summed E-state index contributed by atoms with van der Waals surface area (Å²) in [5.74, 6) is -2.86. The second-order valence-corrected chi connectivity index (χ2v) is 8.09. The van der Waals surface area contributed by atoms with Crippen LogP contribution in [0.15, 0.2) is 71.2 Å². The summed E-state index contributed by atoms with van der Waals surface area (Å²) in [5, 5.41) is 12.9. The molecule has 0 saturated heterocycles. The van der Waals surface area contributed by atoms with Crippen LogP contribution in [-0.2, 0) is 19.1 Å². The molecule has 0 radical (unpaired) electrons. The van der Waals surface area contributed by atoms with Gasteiger partial charge in [-0.25, -0.2) is 9.59 Å². The molecule has 1 aliphatic heterocycles. The van der Waals surface area contributed by atoms with Gasteiger partial charge in [-0.2, -0.15) is 5.26 Å². The van der Waals surface area contributed by atoms with Crippen LogP contribution in [-0.4, -0.2) is 38.6 Å². The Kier molecular flexibility index (Phi) is 8.12. The summed E-state index contributed by atoms with van der Waals surface area (Å²) < 4.78 is 10.1. The molecule has 0 spiro atoms. The number of hydrogen-bond acceptors (Lipinski definition) is 8. The van der Waals surface area contributed by atoms with Gasteiger partial charge in [-0.3, -0.25) is 9.69 Å². The van der Waals surface area contributed by atoms with Gasteiger partial charge < -0.3 is 20.5 Å². The molecular weight excluding hydrogens is 460 g/mol. The van der Waals surface area contributed by atoms with E-state index in [2.05, 4.69) is 11.4 Å². The second-order valence-electron chi connectivity index (χ2n) is 8.09. The highest BCUT2D eigenvalue weighted by molar-refractivity contribution is 6.06. The van der Waals surface area contributed by atoms with Crippen LogP contribution in [0.3, 0.4) is 0 Å². The maximum absolute atomic E-state index is 13.1. The molecule has 1 amide bonds. The van der Waals surface area contributed by atoms with Crippen molar-refractivity contribution in [3.63, 3.8) is 0 Å². The SMILES string of the molecule is CCCNC(=O)c1ccc(N2C(N)=C(C#N)C(c3ccccc3)C(C(=O)OC)=C2C(=O)OC)c(C)c1. The number of anilines is 1. The topological polar surface area (TPSA) is 135 Å². The molecule has 2 aromatic carbocycles. The van der Waals surface area contributed by atoms with Crippen LogP contribution in [0.25, 0.3) is 0 Å². The smallest absolute Gasteiger partial charge is 0.355 e. The van der Waals surface area contributed by atoms with Crippen molar-refractivity contribution in [3.8, 4) is 6.07 Å². The van der Waals surface area contributed by atoms with Crippen LogP contribution in [0.4, 0.5) is 5.69 Å². The van der Waals surface area contributed by atoms with Gasteiger partial charge in [0.1, 0.15) is 11.5 Å². The van der Waals surface area contributed by atoms with E-state index in [-0.39, 0.29) is 28.6 Å². The van der Waals surface area contributed by atoms with Crippen molar-refractivity contribution in [2.24, 2.45) is 5.73 Å². The third kappa shape index (κ3) is 4.79. The zero-order chi connectivity index (χ0) is 26.4. The number of carbonyl (C=O) groups excluding carboxylic acids is 3. The predicted octanol–water partition coefficient (Wildman–Crippen LogP) is 3.03. The van der Waals surface area contributed by atoms with Crippen molar-refractivity contribution in [3.05, 3.63) is 87.9 Å². The van der Waals surface area contributed by atoms with Gasteiger partial charge in [-0.05, 0) is 42.7 Å². The number of hydrogen-bond donors (Lipinski definition) is 2. The Morgan fingerprint density at radius 1 is 1.08 bits per heavy atom. The lowest BCUT2D eigenvalue weighted by atomic mass is 9.80. The van der Waals surface area contributed by atoms with E-state index in [1.54, 1.807) is 55.5 Å². The maximum Gasteiger partial charge on any atom is 0.355 e. The number of aryl methyl sites for hydroxylation is 1. The zero-order valence-electron chi connectivity index (χ0n) is 20.6.